The molecule has 0 unspecified atom stereocenters. The molecular formula is DyO8P2Y. The Kier molecular flexibility index (Phi) is 20.3. The fraction of sp³-hybridized carbons (Fsp3) is 0. The van der Waals surface area contributed by atoms with Gasteiger partial charge in [0.25, 0.3) is 0 Å². The van der Waals surface area contributed by atoms with Crippen LogP contribution in [-0.4, -0.2) is 0 Å². The summed E-state index contributed by atoms with van der Waals surface area (Å²) in [4.78, 5) is 51.3. The number of hydrogen-bond acceptors (Lipinski definition) is 8. The predicted octanol–water partition coefficient (Wildman–Crippen LogP) is -5.65. The molecule has 0 amide bonds. The minimum Gasteiger partial charge on any atom is -0.822 e. The Bertz CT molecular complexity index is 129. The van der Waals surface area contributed by atoms with E-state index in [1.54, 1.807) is 0 Å². The molecule has 0 fully saturated rings. The monoisotopic (exact) mass is 443 g/mol. The predicted molar refractivity (Wildman–Crippen MR) is 15.2 cm³/mol. The molecule has 12 heteroatoms. The molecule has 0 rings (SSSR count). The molecule has 0 heterocycles. The van der Waals surface area contributed by atoms with E-state index in [9.17, 15) is 0 Å². The number of phosphoric acid groups is 2. The van der Waals surface area contributed by atoms with Gasteiger partial charge >= 0.3 is 70.9 Å². The molecule has 0 aromatic carbocycles. The average Bonchev–Trinajstić information content (AvgIpc) is 1.12. The van der Waals surface area contributed by atoms with Crippen molar-refractivity contribution in [2.75, 3.05) is 0 Å². The van der Waals surface area contributed by atoms with Gasteiger partial charge in [0, 0.05) is 0 Å². The smallest absolute Gasteiger partial charge is 0.822 e. The molecule has 0 aliphatic rings. The maximum absolute atomic E-state index is 8.55. The zero-order valence-corrected chi connectivity index (χ0v) is 11.7. The van der Waals surface area contributed by atoms with Crippen LogP contribution in [0.2, 0.25) is 0 Å². The van der Waals surface area contributed by atoms with Crippen molar-refractivity contribution in [1.29, 1.82) is 0 Å². The van der Waals surface area contributed by atoms with Gasteiger partial charge in [-0.1, -0.05) is 0 Å². The number of hydrogen-bond donors (Lipinski definition) is 0. The van der Waals surface area contributed by atoms with E-state index in [4.69, 9.17) is 38.5 Å². The van der Waals surface area contributed by atoms with Crippen LogP contribution in [0.25, 0.3) is 0 Å². The summed E-state index contributed by atoms with van der Waals surface area (Å²) >= 11 is 0. The zero-order valence-electron chi connectivity index (χ0n) is 5.05. The van der Waals surface area contributed by atoms with Gasteiger partial charge < -0.3 is 38.5 Å². The van der Waals surface area contributed by atoms with E-state index < -0.39 is 15.6 Å². The first kappa shape index (κ1) is 24.0. The third kappa shape index (κ3) is 251. The second kappa shape index (κ2) is 10.1. The van der Waals surface area contributed by atoms with Crippen molar-refractivity contribution in [3.05, 3.63) is 0 Å². The zero-order chi connectivity index (χ0) is 9.00. The third-order valence-electron chi connectivity index (χ3n) is 0. The molecule has 0 aromatic rings. The molecule has 1 radical (unpaired) electrons. The molecular weight excluding hydrogens is 441 g/mol. The summed E-state index contributed by atoms with van der Waals surface area (Å²) < 4.78 is 17.1. The summed E-state index contributed by atoms with van der Waals surface area (Å²) in [5.41, 5.74) is 0. The minimum atomic E-state index is -5.39. The Hall–Kier alpha value is 2.60. The molecule has 0 aliphatic heterocycles. The standard InChI is InChI=1S/Dy.2H3O4P.Y/c;2*1-5(2,3)4;/h;2*(H3,1,2,3,4);/q+3;;;+3/p-6. The number of rotatable bonds is 0. The molecule has 0 aliphatic carbocycles. The van der Waals surface area contributed by atoms with Crippen molar-refractivity contribution < 1.29 is 109 Å². The van der Waals surface area contributed by atoms with E-state index in [2.05, 4.69) is 0 Å². The first-order valence-corrected chi connectivity index (χ1v) is 4.38. The van der Waals surface area contributed by atoms with Crippen LogP contribution in [0.4, 0.5) is 0 Å². The van der Waals surface area contributed by atoms with Crippen molar-refractivity contribution in [3.8, 4) is 0 Å². The molecule has 0 aromatic heterocycles. The molecule has 8 nitrogen and oxygen atoms in total. The first-order chi connectivity index (χ1) is 4.00. The van der Waals surface area contributed by atoms with Crippen molar-refractivity contribution in [1.82, 2.24) is 0 Å². The Morgan fingerprint density at radius 1 is 0.667 bits per heavy atom. The second-order valence-electron chi connectivity index (χ2n) is 0.894. The molecule has 0 N–H and O–H groups in total. The Balaban J connectivity index is -0.0000000457. The SMILES string of the molecule is O=P([O-])([O-])[O-].O=P([O-])([O-])[O-].[Dy+3].[Y+3]. The second-order valence-corrected chi connectivity index (χ2v) is 2.68. The van der Waals surface area contributed by atoms with Gasteiger partial charge in [-0.25, -0.2) is 0 Å². The Labute approximate surface area is 123 Å². The van der Waals surface area contributed by atoms with Gasteiger partial charge in [0.15, 0.2) is 0 Å². The van der Waals surface area contributed by atoms with Crippen molar-refractivity contribution in [2.45, 2.75) is 0 Å². The van der Waals surface area contributed by atoms with Gasteiger partial charge in [-0.2, -0.15) is 15.6 Å². The maximum atomic E-state index is 8.55. The van der Waals surface area contributed by atoms with Crippen LogP contribution < -0.4 is 29.4 Å². The van der Waals surface area contributed by atoms with E-state index in [0.717, 1.165) is 0 Å². The fourth-order valence-electron chi connectivity index (χ4n) is 0. The molecule has 0 spiro atoms. The fourth-order valence-corrected chi connectivity index (χ4v) is 0. The summed E-state index contributed by atoms with van der Waals surface area (Å²) in [6, 6.07) is 0. The van der Waals surface area contributed by atoms with E-state index in [1.807, 2.05) is 0 Å². The van der Waals surface area contributed by atoms with Gasteiger partial charge in [0.05, 0.1) is 0 Å². The summed E-state index contributed by atoms with van der Waals surface area (Å²) in [5, 5.41) is 0. The Morgan fingerprint density at radius 3 is 0.667 bits per heavy atom. The van der Waals surface area contributed by atoms with Crippen LogP contribution in [-0.2, 0) is 41.8 Å². The van der Waals surface area contributed by atoms with Gasteiger partial charge in [-0.3, -0.25) is 0 Å². The van der Waals surface area contributed by atoms with Crippen LogP contribution >= 0.6 is 15.6 Å². The van der Waals surface area contributed by atoms with Crippen LogP contribution in [0.3, 0.4) is 0 Å². The van der Waals surface area contributed by atoms with Crippen LogP contribution in [0.1, 0.15) is 0 Å². The van der Waals surface area contributed by atoms with Gasteiger partial charge in [-0.05, 0) is 0 Å². The third-order valence-corrected chi connectivity index (χ3v) is 0. The van der Waals surface area contributed by atoms with E-state index in [1.165, 1.54) is 0 Å². The average molecular weight is 441 g/mol. The molecule has 71 valence electrons. The molecule has 0 atom stereocenters. The summed E-state index contributed by atoms with van der Waals surface area (Å²) in [6.45, 7) is 0. The van der Waals surface area contributed by atoms with Crippen molar-refractivity contribution in [2.24, 2.45) is 0 Å². The summed E-state index contributed by atoms with van der Waals surface area (Å²) in [6.07, 6.45) is 0. The quantitative estimate of drug-likeness (QED) is 0.335. The molecule has 0 saturated carbocycles. The van der Waals surface area contributed by atoms with E-state index >= 15 is 0 Å². The molecule has 12 heavy (non-hydrogen) atoms. The largest absolute Gasteiger partial charge is 3.00 e. The van der Waals surface area contributed by atoms with Crippen LogP contribution in [0.15, 0.2) is 0 Å². The molecule has 0 bridgehead atoms. The van der Waals surface area contributed by atoms with E-state index in [0.29, 0.717) is 0 Å². The van der Waals surface area contributed by atoms with Gasteiger partial charge in [-0.15, -0.1) is 0 Å². The van der Waals surface area contributed by atoms with Gasteiger partial charge in [0.2, 0.25) is 0 Å². The van der Waals surface area contributed by atoms with Crippen molar-refractivity contribution >= 4 is 15.6 Å². The first-order valence-electron chi connectivity index (χ1n) is 1.46. The normalized spacial score (nSPS) is 9.83. The van der Waals surface area contributed by atoms with Gasteiger partial charge in [0.1, 0.15) is 0 Å². The minimum absolute atomic E-state index is 0. The molecule has 0 saturated heterocycles. The van der Waals surface area contributed by atoms with Crippen LogP contribution in [0.5, 0.6) is 0 Å². The van der Waals surface area contributed by atoms with Crippen molar-refractivity contribution in [3.63, 3.8) is 0 Å². The van der Waals surface area contributed by atoms with E-state index in [-0.39, 0.29) is 70.9 Å². The van der Waals surface area contributed by atoms with Crippen LogP contribution in [0, 0.1) is 38.2 Å². The topological polar surface area (TPSA) is 172 Å². The Morgan fingerprint density at radius 2 is 0.667 bits per heavy atom. The summed E-state index contributed by atoms with van der Waals surface area (Å²) in [7, 11) is -10.8. The maximum Gasteiger partial charge on any atom is 3.00 e. The summed E-state index contributed by atoms with van der Waals surface area (Å²) in [5.74, 6) is 0.